The van der Waals surface area contributed by atoms with Crippen LogP contribution in [0.1, 0.15) is 40.0 Å². The summed E-state index contributed by atoms with van der Waals surface area (Å²) in [6.45, 7) is 11.9. The van der Waals surface area contributed by atoms with Gasteiger partial charge in [-0.05, 0) is 32.7 Å². The highest BCUT2D eigenvalue weighted by molar-refractivity contribution is 5.93. The second kappa shape index (κ2) is 8.29. The van der Waals surface area contributed by atoms with Crippen molar-refractivity contribution in [3.05, 3.63) is 36.2 Å². The normalized spacial score (nSPS) is 25.6. The number of carbonyl (C=O) groups is 2. The summed E-state index contributed by atoms with van der Waals surface area (Å²) >= 11 is 0. The SMILES string of the molecule is C=C1C(C)N(C(=O)/C=C/C2CCCN2)CCN1/C(=C\CC)C(C)=O. The fourth-order valence-electron chi connectivity index (χ4n) is 3.33. The van der Waals surface area contributed by atoms with Gasteiger partial charge in [-0.1, -0.05) is 25.7 Å². The number of amides is 1. The summed E-state index contributed by atoms with van der Waals surface area (Å²) in [6, 6.07) is 0.192. The Labute approximate surface area is 145 Å². The summed E-state index contributed by atoms with van der Waals surface area (Å²) in [5, 5.41) is 3.36. The summed E-state index contributed by atoms with van der Waals surface area (Å²) in [6.07, 6.45) is 8.62. The predicted octanol–water partition coefficient (Wildman–Crippen LogP) is 2.22. The van der Waals surface area contributed by atoms with Crippen LogP contribution in [0.25, 0.3) is 0 Å². The molecule has 5 nitrogen and oxygen atoms in total. The Kier molecular flexibility index (Phi) is 6.37. The van der Waals surface area contributed by atoms with Crippen LogP contribution < -0.4 is 5.32 Å². The van der Waals surface area contributed by atoms with Gasteiger partial charge >= 0.3 is 0 Å². The molecule has 2 aliphatic heterocycles. The van der Waals surface area contributed by atoms with Crippen molar-refractivity contribution in [2.45, 2.75) is 52.1 Å². The van der Waals surface area contributed by atoms with E-state index in [4.69, 9.17) is 0 Å². The lowest BCUT2D eigenvalue weighted by Crippen LogP contribution is -2.52. The van der Waals surface area contributed by atoms with Gasteiger partial charge in [-0.2, -0.15) is 0 Å². The summed E-state index contributed by atoms with van der Waals surface area (Å²) in [5.41, 5.74) is 1.49. The molecular weight excluding hydrogens is 302 g/mol. The highest BCUT2D eigenvalue weighted by Crippen LogP contribution is 2.24. The topological polar surface area (TPSA) is 52.7 Å². The van der Waals surface area contributed by atoms with Crippen LogP contribution in [-0.4, -0.2) is 53.2 Å². The lowest BCUT2D eigenvalue weighted by atomic mass is 10.1. The van der Waals surface area contributed by atoms with E-state index >= 15 is 0 Å². The molecule has 0 spiro atoms. The van der Waals surface area contributed by atoms with E-state index in [1.165, 1.54) is 0 Å². The number of rotatable bonds is 5. The number of nitrogens with one attached hydrogen (secondary N) is 1. The Balaban J connectivity index is 2.04. The van der Waals surface area contributed by atoms with Crippen LogP contribution in [0, 0.1) is 0 Å². The molecule has 2 rings (SSSR count). The van der Waals surface area contributed by atoms with Crippen LogP contribution in [-0.2, 0) is 9.59 Å². The average Bonchev–Trinajstić information content (AvgIpc) is 3.06. The van der Waals surface area contributed by atoms with Gasteiger partial charge in [-0.25, -0.2) is 0 Å². The van der Waals surface area contributed by atoms with E-state index in [2.05, 4.69) is 11.9 Å². The maximum absolute atomic E-state index is 12.5. The Morgan fingerprint density at radius 1 is 1.38 bits per heavy atom. The van der Waals surface area contributed by atoms with E-state index in [1.807, 2.05) is 35.8 Å². The average molecular weight is 331 g/mol. The van der Waals surface area contributed by atoms with Crippen LogP contribution in [0.15, 0.2) is 36.2 Å². The zero-order valence-corrected chi connectivity index (χ0v) is 15.0. The van der Waals surface area contributed by atoms with Crippen molar-refractivity contribution < 1.29 is 9.59 Å². The number of piperazine rings is 1. The van der Waals surface area contributed by atoms with Gasteiger partial charge in [-0.15, -0.1) is 0 Å². The molecule has 0 aromatic carbocycles. The Bertz CT molecular complexity index is 559. The van der Waals surface area contributed by atoms with E-state index < -0.39 is 0 Å². The summed E-state index contributed by atoms with van der Waals surface area (Å²) in [5.74, 6) is 0.0537. The molecule has 132 valence electrons. The maximum atomic E-state index is 12.5. The molecule has 2 heterocycles. The molecule has 2 atom stereocenters. The van der Waals surface area contributed by atoms with Crippen LogP contribution >= 0.6 is 0 Å². The lowest BCUT2D eigenvalue weighted by Gasteiger charge is -2.42. The Morgan fingerprint density at radius 3 is 2.71 bits per heavy atom. The van der Waals surface area contributed by atoms with Gasteiger partial charge in [0.2, 0.25) is 5.91 Å². The molecule has 1 N–H and O–H groups in total. The molecule has 0 aromatic heterocycles. The third kappa shape index (κ3) is 4.15. The Morgan fingerprint density at radius 2 is 2.12 bits per heavy atom. The minimum Gasteiger partial charge on any atom is -0.339 e. The van der Waals surface area contributed by atoms with Gasteiger partial charge in [0.05, 0.1) is 11.7 Å². The maximum Gasteiger partial charge on any atom is 0.246 e. The zero-order chi connectivity index (χ0) is 17.7. The largest absolute Gasteiger partial charge is 0.339 e. The first-order valence-electron chi connectivity index (χ1n) is 8.85. The van der Waals surface area contributed by atoms with Gasteiger partial charge in [0, 0.05) is 37.8 Å². The molecule has 0 saturated carbocycles. The van der Waals surface area contributed by atoms with Gasteiger partial charge in [0.15, 0.2) is 5.78 Å². The number of carbonyl (C=O) groups excluding carboxylic acids is 2. The van der Waals surface area contributed by atoms with Crippen LogP contribution in [0.2, 0.25) is 0 Å². The second-order valence-corrected chi connectivity index (χ2v) is 6.47. The van der Waals surface area contributed by atoms with Crippen molar-refractivity contribution in [3.8, 4) is 0 Å². The minimum absolute atomic E-state index is 0.0147. The number of hydrogen-bond donors (Lipinski definition) is 1. The molecule has 0 bridgehead atoms. The van der Waals surface area contributed by atoms with Crippen molar-refractivity contribution in [3.63, 3.8) is 0 Å². The smallest absolute Gasteiger partial charge is 0.246 e. The molecule has 2 unspecified atom stereocenters. The van der Waals surface area contributed by atoms with E-state index in [0.29, 0.717) is 24.8 Å². The highest BCUT2D eigenvalue weighted by atomic mass is 16.2. The van der Waals surface area contributed by atoms with Gasteiger partial charge in [0.1, 0.15) is 0 Å². The fraction of sp³-hybridized carbons (Fsp3) is 0.579. The van der Waals surface area contributed by atoms with Crippen LogP contribution in [0.5, 0.6) is 0 Å². The van der Waals surface area contributed by atoms with Crippen molar-refractivity contribution in [1.82, 2.24) is 15.1 Å². The number of Topliss-reactive ketones (excluding diaryl/α,β-unsaturated/α-hetero) is 1. The molecule has 0 aliphatic carbocycles. The van der Waals surface area contributed by atoms with Crippen LogP contribution in [0.4, 0.5) is 0 Å². The van der Waals surface area contributed by atoms with Gasteiger partial charge in [0.25, 0.3) is 0 Å². The lowest BCUT2D eigenvalue weighted by molar-refractivity contribution is -0.128. The van der Waals surface area contributed by atoms with Crippen molar-refractivity contribution in [2.24, 2.45) is 0 Å². The first-order valence-corrected chi connectivity index (χ1v) is 8.85. The molecule has 5 heteroatoms. The van der Waals surface area contributed by atoms with Crippen molar-refractivity contribution in [2.75, 3.05) is 19.6 Å². The zero-order valence-electron chi connectivity index (χ0n) is 15.0. The van der Waals surface area contributed by atoms with E-state index in [9.17, 15) is 9.59 Å². The van der Waals surface area contributed by atoms with E-state index in [-0.39, 0.29) is 17.7 Å². The molecule has 24 heavy (non-hydrogen) atoms. The Hall–Kier alpha value is -1.88. The van der Waals surface area contributed by atoms with Crippen LogP contribution in [0.3, 0.4) is 0 Å². The highest BCUT2D eigenvalue weighted by Gasteiger charge is 2.31. The third-order valence-electron chi connectivity index (χ3n) is 4.76. The minimum atomic E-state index is -0.118. The van der Waals surface area contributed by atoms with E-state index in [1.54, 1.807) is 13.0 Å². The quantitative estimate of drug-likeness (QED) is 0.785. The van der Waals surface area contributed by atoms with Gasteiger partial charge in [-0.3, -0.25) is 9.59 Å². The molecule has 2 fully saturated rings. The second-order valence-electron chi connectivity index (χ2n) is 6.47. The standard InChI is InChI=1S/C19H29N3O2/c1-5-7-18(16(4)23)21-12-13-22(15(3)14(21)2)19(24)10-9-17-8-6-11-20-17/h7,9-10,15,17,20H,2,5-6,8,11-13H2,1,3-4H3/b10-9+,18-7-. The molecule has 0 aromatic rings. The predicted molar refractivity (Wildman–Crippen MR) is 96.2 cm³/mol. The fourth-order valence-corrected chi connectivity index (χ4v) is 3.33. The summed E-state index contributed by atoms with van der Waals surface area (Å²) in [4.78, 5) is 28.2. The summed E-state index contributed by atoms with van der Waals surface area (Å²) in [7, 11) is 0. The molecule has 1 amide bonds. The molecule has 0 radical (unpaired) electrons. The summed E-state index contributed by atoms with van der Waals surface area (Å²) < 4.78 is 0. The number of hydrogen-bond acceptors (Lipinski definition) is 4. The third-order valence-corrected chi connectivity index (χ3v) is 4.76. The van der Waals surface area contributed by atoms with Crippen molar-refractivity contribution >= 4 is 11.7 Å². The van der Waals surface area contributed by atoms with E-state index in [0.717, 1.165) is 31.5 Å². The van der Waals surface area contributed by atoms with Gasteiger partial charge < -0.3 is 15.1 Å². The molecular formula is C19H29N3O2. The molecule has 2 saturated heterocycles. The first-order chi connectivity index (χ1) is 11.5. The number of allylic oxidation sites excluding steroid dienone is 2. The number of nitrogens with zero attached hydrogens (tertiary/aromatic N) is 2. The first kappa shape index (κ1) is 18.5. The molecule has 2 aliphatic rings. The monoisotopic (exact) mass is 331 g/mol. The van der Waals surface area contributed by atoms with Crippen molar-refractivity contribution in [1.29, 1.82) is 0 Å². The number of ketones is 1.